The molecule has 0 radical (unpaired) electrons. The summed E-state index contributed by atoms with van der Waals surface area (Å²) in [5.41, 5.74) is -1.58. The van der Waals surface area contributed by atoms with Crippen LogP contribution in [-0.4, -0.2) is 98.7 Å². The third kappa shape index (κ3) is 25.6. The number of rotatable bonds is 21. The maximum Gasteiger partial charge on any atom is 0.422 e. The largest absolute Gasteiger partial charge is 0.748 e. The molecular weight excluding hydrogens is 1460 g/mol. The highest BCUT2D eigenvalue weighted by Gasteiger charge is 2.64. The van der Waals surface area contributed by atoms with Crippen LogP contribution in [0, 0.1) is 57.7 Å². The minimum absolute atomic E-state index is 0.00702. The van der Waals surface area contributed by atoms with E-state index in [4.69, 9.17) is 9.47 Å². The smallest absolute Gasteiger partial charge is 0.422 e. The lowest BCUT2D eigenvalue weighted by molar-refractivity contribution is -0.190. The number of esters is 4. The monoisotopic (exact) mass is 1570 g/mol. The van der Waals surface area contributed by atoms with Crippen LogP contribution in [0.1, 0.15) is 190 Å². The topological polar surface area (TPSA) is 237 Å². The molecule has 0 aromatic heterocycles. The van der Waals surface area contributed by atoms with E-state index in [1.165, 1.54) is 86.3 Å². The number of ether oxygens (including phenoxy) is 4. The first-order chi connectivity index (χ1) is 50.9. The van der Waals surface area contributed by atoms with Crippen LogP contribution in [0.15, 0.2) is 205 Å². The van der Waals surface area contributed by atoms with Crippen LogP contribution in [0.2, 0.25) is 0 Å². The van der Waals surface area contributed by atoms with Gasteiger partial charge in [0, 0.05) is 11.8 Å². The minimum Gasteiger partial charge on any atom is -0.748 e. The van der Waals surface area contributed by atoms with Crippen LogP contribution in [0.25, 0.3) is 0 Å². The molecule has 7 aliphatic carbocycles. The minimum atomic E-state index is -4.58. The first kappa shape index (κ1) is 88.4. The molecule has 2 atom stereocenters. The summed E-state index contributed by atoms with van der Waals surface area (Å²) in [4.78, 5) is 66.8. The van der Waals surface area contributed by atoms with E-state index in [-0.39, 0.29) is 73.9 Å². The van der Waals surface area contributed by atoms with Gasteiger partial charge in [0.15, 0.2) is 42.6 Å². The highest BCUT2D eigenvalue weighted by atomic mass is 32.2. The molecule has 590 valence electrons. The van der Waals surface area contributed by atoms with Crippen molar-refractivity contribution in [3.8, 4) is 0 Å². The van der Waals surface area contributed by atoms with Crippen LogP contribution < -0.4 is 0 Å². The fourth-order valence-corrected chi connectivity index (χ4v) is 21.4. The number of halogens is 3. The van der Waals surface area contributed by atoms with Crippen molar-refractivity contribution in [1.82, 2.24) is 0 Å². The highest BCUT2D eigenvalue weighted by Crippen LogP contribution is 2.64. The second-order valence-electron chi connectivity index (χ2n) is 31.5. The molecule has 108 heavy (non-hydrogen) atoms. The van der Waals surface area contributed by atoms with Crippen molar-refractivity contribution < 1.29 is 82.0 Å². The fourth-order valence-electron chi connectivity index (χ4n) is 15.7. The molecule has 0 N–H and O–H groups in total. The van der Waals surface area contributed by atoms with Crippen molar-refractivity contribution in [3.05, 3.63) is 181 Å². The van der Waals surface area contributed by atoms with E-state index in [0.717, 1.165) is 51.4 Å². The van der Waals surface area contributed by atoms with Crippen molar-refractivity contribution in [3.63, 3.8) is 0 Å². The van der Waals surface area contributed by atoms with Gasteiger partial charge < -0.3 is 28.1 Å². The first-order valence-electron chi connectivity index (χ1n) is 37.9. The molecule has 0 heterocycles. The van der Waals surface area contributed by atoms with Crippen molar-refractivity contribution >= 4 is 71.7 Å². The van der Waals surface area contributed by atoms with E-state index in [2.05, 4.69) is 206 Å². The molecule has 6 aromatic carbocycles. The number of hydrogen-bond donors (Lipinski definition) is 0. The number of carbonyl (C=O) groups is 5. The van der Waals surface area contributed by atoms with Gasteiger partial charge in [0.25, 0.3) is 0 Å². The molecule has 6 aromatic rings. The lowest BCUT2D eigenvalue weighted by Crippen LogP contribution is -2.50. The van der Waals surface area contributed by atoms with Gasteiger partial charge >= 0.3 is 30.1 Å². The Kier molecular flexibility index (Phi) is 32.2. The maximum atomic E-state index is 12.3. The molecule has 2 unspecified atom stereocenters. The average molecular weight is 1570 g/mol. The summed E-state index contributed by atoms with van der Waals surface area (Å²) in [7, 11) is -8.67. The van der Waals surface area contributed by atoms with Gasteiger partial charge in [-0.15, -0.1) is 0 Å². The molecule has 7 aliphatic rings. The van der Waals surface area contributed by atoms with E-state index < -0.39 is 73.9 Å². The van der Waals surface area contributed by atoms with Crippen LogP contribution in [0.3, 0.4) is 0 Å². The molecule has 7 saturated carbocycles. The molecule has 0 saturated heterocycles. The van der Waals surface area contributed by atoms with E-state index in [1.807, 2.05) is 27.7 Å². The van der Waals surface area contributed by atoms with Crippen molar-refractivity contribution in [2.45, 2.75) is 232 Å². The number of alkyl halides is 3. The summed E-state index contributed by atoms with van der Waals surface area (Å²) in [5.74, 6) is -1.12. The van der Waals surface area contributed by atoms with Crippen LogP contribution >= 0.6 is 0 Å². The molecule has 0 amide bonds. The van der Waals surface area contributed by atoms with E-state index in [0.29, 0.717) is 37.0 Å². The standard InChI is InChI=1S/C19H17S.C18H15S.C16H30O2.C13H20O5S.C10H15F3O4.C10H16O4S/c1-16-12-14-19(15-13-16)20(17-8-4-2-5-9-17)18-10-6-3-7-11-18;1-4-10-16(11-5-1)19(17-12-6-2-7-13-17)18-14-8-3-9-15-18;1-5-15(3,4)14(17)18-16(6-2)12-10-8-7-9-11-13-16;14-12(18-1-2-19(15,16)17)13-6-9-3-10(7-13)5-11(4-9)8-13;1-4-9(2,3)8(15)16-5-7(14)17-6-10(11,12)13;1-9(2)7-3-4-10(9,8(11)5-7)6-15(12,13)14/h2-15H,1H3;1-15H;5-13H2,1-4H3;9-11H,1-8H2,(H,15,16,17);4-6H2,1-3H3;7H,3-6H2,1-2H3,(H,12,13,14)/q2*+1;;;;/p-2. The summed E-state index contributed by atoms with van der Waals surface area (Å²) < 4.78 is 119. The summed E-state index contributed by atoms with van der Waals surface area (Å²) in [5, 5.41) is 0. The average Bonchev–Trinajstić information content (AvgIpc) is 1.53. The highest BCUT2D eigenvalue weighted by molar-refractivity contribution is 7.97. The Morgan fingerprint density at radius 2 is 0.917 bits per heavy atom. The number of hydrogen-bond acceptors (Lipinski definition) is 15. The Labute approximate surface area is 645 Å². The number of fused-ring (bicyclic) bond motifs is 2. The van der Waals surface area contributed by atoms with Gasteiger partial charge in [-0.3, -0.25) is 19.2 Å². The molecule has 7 fully saturated rings. The molecule has 13 rings (SSSR count). The van der Waals surface area contributed by atoms with Gasteiger partial charge in [0.2, 0.25) is 0 Å². The Hall–Kier alpha value is -6.82. The zero-order chi connectivity index (χ0) is 79.2. The van der Waals surface area contributed by atoms with Gasteiger partial charge in [-0.25, -0.2) is 21.6 Å². The number of carbonyl (C=O) groups excluding carboxylic acids is 5. The van der Waals surface area contributed by atoms with Crippen molar-refractivity contribution in [2.75, 3.05) is 31.3 Å². The summed E-state index contributed by atoms with van der Waals surface area (Å²) >= 11 is 0. The van der Waals surface area contributed by atoms with Gasteiger partial charge in [-0.05, 0) is 233 Å². The third-order valence-electron chi connectivity index (χ3n) is 22.6. The van der Waals surface area contributed by atoms with Crippen LogP contribution in [-0.2, 0) is 84.9 Å². The Morgan fingerprint density at radius 1 is 0.528 bits per heavy atom. The van der Waals surface area contributed by atoms with E-state index in [9.17, 15) is 63.1 Å². The van der Waals surface area contributed by atoms with Gasteiger partial charge in [-0.1, -0.05) is 163 Å². The van der Waals surface area contributed by atoms with Crippen molar-refractivity contribution in [2.24, 2.45) is 50.7 Å². The Balaban J connectivity index is 0.000000181. The van der Waals surface area contributed by atoms with Crippen molar-refractivity contribution in [1.29, 1.82) is 0 Å². The lowest BCUT2D eigenvalue weighted by Gasteiger charge is -2.55. The molecule has 0 spiro atoms. The second-order valence-corrected chi connectivity index (χ2v) is 38.5. The molecule has 15 nitrogen and oxygen atoms in total. The number of benzene rings is 6. The van der Waals surface area contributed by atoms with Crippen LogP contribution in [0.5, 0.6) is 0 Å². The van der Waals surface area contributed by atoms with Gasteiger partial charge in [0.05, 0.1) is 69.8 Å². The van der Waals surface area contributed by atoms with Gasteiger partial charge in [-0.2, -0.15) is 13.2 Å². The molecule has 6 bridgehead atoms. The van der Waals surface area contributed by atoms with E-state index >= 15 is 0 Å². The lowest BCUT2D eigenvalue weighted by atomic mass is 9.49. The zero-order valence-electron chi connectivity index (χ0n) is 64.4. The Bertz CT molecular complexity index is 3890. The molecular formula is C86H111F3O15S4. The van der Waals surface area contributed by atoms with E-state index in [1.54, 1.807) is 20.8 Å². The third-order valence-corrected chi connectivity index (χ3v) is 28.5. The molecule has 22 heteroatoms. The summed E-state index contributed by atoms with van der Waals surface area (Å²) in [6, 6.07) is 62.5. The first-order valence-corrected chi connectivity index (χ1v) is 43.5. The quantitative estimate of drug-likeness (QED) is 0.0282. The number of Topliss-reactive ketones (excluding diaryl/α,β-unsaturated/α-hetero) is 1. The second kappa shape index (κ2) is 39.4. The Morgan fingerprint density at radius 3 is 1.26 bits per heavy atom. The predicted octanol–water partition coefficient (Wildman–Crippen LogP) is 19.0. The maximum absolute atomic E-state index is 12.3. The number of aryl methyl sites for hydroxylation is 1. The summed E-state index contributed by atoms with van der Waals surface area (Å²) in [6.45, 7) is 16.3. The summed E-state index contributed by atoms with van der Waals surface area (Å²) in [6.07, 6.45) is 14.4. The SMILES string of the molecule is CC1(C)C2CCC1(CS(=O)(=O)[O-])C(=O)C2.CCC(C)(C)C(=O)OCC(=O)OCC(F)(F)F.CCC1(OC(=O)C(C)(C)CC)CCCCCCC1.Cc1ccc([S+](c2ccccc2)c2ccccc2)cc1.O=C(OCCS(=O)(=O)[O-])C12CC3CC(CC(C3)C1)C2.c1ccc([S+](c2ccccc2)c2ccccc2)cc1. The predicted molar refractivity (Wildman–Crippen MR) is 415 cm³/mol. The number of ketones is 1. The normalized spacial score (nSPS) is 21.7. The molecule has 0 aliphatic heterocycles. The van der Waals surface area contributed by atoms with Gasteiger partial charge in [0.1, 0.15) is 18.0 Å². The van der Waals surface area contributed by atoms with Crippen LogP contribution in [0.4, 0.5) is 13.2 Å². The fraction of sp³-hybridized carbons (Fsp3) is 0.523. The zero-order valence-corrected chi connectivity index (χ0v) is 67.7.